The van der Waals surface area contributed by atoms with E-state index in [0.29, 0.717) is 0 Å². The molecule has 1 aromatic rings. The molecule has 0 heterocycles. The van der Waals surface area contributed by atoms with Crippen LogP contribution in [0.25, 0.3) is 0 Å². The SMILES string of the molecule is COC(=O)[C@H](C)N=Cc1cc([N+](=O)[O-])ccc1[O-]. The van der Waals surface area contributed by atoms with Crippen LogP contribution in [0, 0.1) is 10.1 Å². The van der Waals surface area contributed by atoms with Gasteiger partial charge in [0.1, 0.15) is 6.04 Å². The lowest BCUT2D eigenvalue weighted by Crippen LogP contribution is -2.16. The summed E-state index contributed by atoms with van der Waals surface area (Å²) in [6.07, 6.45) is 1.14. The Labute approximate surface area is 103 Å². The summed E-state index contributed by atoms with van der Waals surface area (Å²) >= 11 is 0. The molecule has 18 heavy (non-hydrogen) atoms. The second kappa shape index (κ2) is 5.76. The van der Waals surface area contributed by atoms with Gasteiger partial charge in [0.05, 0.1) is 12.0 Å². The molecule has 0 fully saturated rings. The van der Waals surface area contributed by atoms with E-state index in [9.17, 15) is 20.0 Å². The zero-order chi connectivity index (χ0) is 13.7. The van der Waals surface area contributed by atoms with Crippen molar-refractivity contribution in [1.29, 1.82) is 0 Å². The second-order valence-corrected chi connectivity index (χ2v) is 3.46. The van der Waals surface area contributed by atoms with E-state index in [0.717, 1.165) is 24.4 Å². The summed E-state index contributed by atoms with van der Waals surface area (Å²) in [5.74, 6) is -0.953. The molecule has 0 unspecified atom stereocenters. The number of nitro groups is 1. The molecule has 0 aliphatic carbocycles. The number of carbonyl (C=O) groups is 1. The first-order valence-electron chi connectivity index (χ1n) is 5.02. The van der Waals surface area contributed by atoms with Crippen LogP contribution in [0.3, 0.4) is 0 Å². The maximum atomic E-state index is 11.4. The molecule has 0 aliphatic heterocycles. The highest BCUT2D eigenvalue weighted by atomic mass is 16.6. The highest BCUT2D eigenvalue weighted by Gasteiger charge is 2.10. The third-order valence-corrected chi connectivity index (χ3v) is 2.18. The predicted octanol–water partition coefficient (Wildman–Crippen LogP) is 0.649. The first-order valence-corrected chi connectivity index (χ1v) is 5.02. The average molecular weight is 251 g/mol. The van der Waals surface area contributed by atoms with Gasteiger partial charge in [0.2, 0.25) is 0 Å². The largest absolute Gasteiger partial charge is 0.872 e. The molecule has 0 aromatic heterocycles. The summed E-state index contributed by atoms with van der Waals surface area (Å²) in [6, 6.07) is 2.54. The molecule has 7 heteroatoms. The van der Waals surface area contributed by atoms with Crippen molar-refractivity contribution < 1.29 is 19.6 Å². The number of hydrogen-bond acceptors (Lipinski definition) is 6. The zero-order valence-corrected chi connectivity index (χ0v) is 9.82. The van der Waals surface area contributed by atoms with Gasteiger partial charge < -0.3 is 9.84 Å². The zero-order valence-electron chi connectivity index (χ0n) is 9.82. The number of carbonyl (C=O) groups excluding carboxylic acids is 1. The lowest BCUT2D eigenvalue weighted by atomic mass is 10.2. The van der Waals surface area contributed by atoms with E-state index in [1.54, 1.807) is 0 Å². The van der Waals surface area contributed by atoms with Gasteiger partial charge in [-0.2, -0.15) is 0 Å². The lowest BCUT2D eigenvalue weighted by Gasteiger charge is -2.09. The standard InChI is InChI=1S/C11H12N2O5/c1-7(11(15)18-2)12-6-8-5-9(13(16)17)3-4-10(8)14/h3-7,14H,1-2H3/p-1/t7-/m0/s1. The highest BCUT2D eigenvalue weighted by Crippen LogP contribution is 2.19. The molecule has 7 nitrogen and oxygen atoms in total. The Bertz CT molecular complexity index is 498. The number of rotatable bonds is 4. The van der Waals surface area contributed by atoms with Crippen molar-refractivity contribution in [2.45, 2.75) is 13.0 Å². The van der Waals surface area contributed by atoms with Crippen LogP contribution >= 0.6 is 0 Å². The summed E-state index contributed by atoms with van der Waals surface area (Å²) < 4.78 is 4.45. The number of nitro benzene ring substituents is 1. The first-order chi connectivity index (χ1) is 8.45. The van der Waals surface area contributed by atoms with Crippen molar-refractivity contribution in [3.05, 3.63) is 33.9 Å². The van der Waals surface area contributed by atoms with Gasteiger partial charge in [0.15, 0.2) is 0 Å². The topological polar surface area (TPSA) is 105 Å². The molecular formula is C11H11N2O5-. The summed E-state index contributed by atoms with van der Waals surface area (Å²) in [6.45, 7) is 1.49. The third kappa shape index (κ3) is 3.27. The van der Waals surface area contributed by atoms with Gasteiger partial charge in [0.25, 0.3) is 5.69 Å². The van der Waals surface area contributed by atoms with E-state index < -0.39 is 22.7 Å². The van der Waals surface area contributed by atoms with Gasteiger partial charge in [-0.05, 0) is 12.5 Å². The van der Waals surface area contributed by atoms with Crippen molar-refractivity contribution in [2.24, 2.45) is 4.99 Å². The Morgan fingerprint density at radius 1 is 1.56 bits per heavy atom. The number of ether oxygens (including phenoxy) is 1. The third-order valence-electron chi connectivity index (χ3n) is 2.18. The van der Waals surface area contributed by atoms with Gasteiger partial charge in [-0.3, -0.25) is 15.1 Å². The quantitative estimate of drug-likeness (QED) is 0.338. The fraction of sp³-hybridized carbons (Fsp3) is 0.273. The van der Waals surface area contributed by atoms with Crippen molar-refractivity contribution in [3.63, 3.8) is 0 Å². The van der Waals surface area contributed by atoms with Crippen LogP contribution in [0.2, 0.25) is 0 Å². The molecule has 0 saturated heterocycles. The fourth-order valence-corrected chi connectivity index (χ4v) is 1.17. The summed E-state index contributed by atoms with van der Waals surface area (Å²) in [5.41, 5.74) is -0.151. The molecule has 0 saturated carbocycles. The second-order valence-electron chi connectivity index (χ2n) is 3.46. The van der Waals surface area contributed by atoms with Crippen molar-refractivity contribution in [2.75, 3.05) is 7.11 Å². The van der Waals surface area contributed by atoms with E-state index in [2.05, 4.69) is 9.73 Å². The Kier molecular flexibility index (Phi) is 4.36. The van der Waals surface area contributed by atoms with Gasteiger partial charge in [0, 0.05) is 18.3 Å². The van der Waals surface area contributed by atoms with E-state index >= 15 is 0 Å². The molecule has 1 rings (SSSR count). The van der Waals surface area contributed by atoms with Gasteiger partial charge >= 0.3 is 5.97 Å². The fourth-order valence-electron chi connectivity index (χ4n) is 1.17. The number of esters is 1. The van der Waals surface area contributed by atoms with E-state index in [1.165, 1.54) is 14.0 Å². The van der Waals surface area contributed by atoms with Crippen LogP contribution in [0.4, 0.5) is 5.69 Å². The summed E-state index contributed by atoms with van der Waals surface area (Å²) in [7, 11) is 1.22. The number of methoxy groups -OCH3 is 1. The van der Waals surface area contributed by atoms with Crippen molar-refractivity contribution in [3.8, 4) is 5.75 Å². The van der Waals surface area contributed by atoms with Gasteiger partial charge in [-0.1, -0.05) is 11.8 Å². The van der Waals surface area contributed by atoms with Gasteiger partial charge in [-0.15, -0.1) is 0 Å². The maximum absolute atomic E-state index is 11.4. The molecule has 0 radical (unpaired) electrons. The van der Waals surface area contributed by atoms with Gasteiger partial charge in [-0.25, -0.2) is 4.79 Å². The Balaban J connectivity index is 2.96. The van der Waals surface area contributed by atoms with Crippen molar-refractivity contribution >= 4 is 17.9 Å². The molecule has 96 valence electrons. The van der Waals surface area contributed by atoms with E-state index in [4.69, 9.17) is 0 Å². The molecule has 0 spiro atoms. The first kappa shape index (κ1) is 13.6. The average Bonchev–Trinajstić information content (AvgIpc) is 2.36. The Morgan fingerprint density at radius 3 is 2.78 bits per heavy atom. The molecule has 0 N–H and O–H groups in total. The molecule has 0 amide bonds. The number of nitrogens with zero attached hydrogens (tertiary/aromatic N) is 2. The predicted molar refractivity (Wildman–Crippen MR) is 61.6 cm³/mol. The number of benzene rings is 1. The minimum atomic E-state index is -0.770. The number of aliphatic imine (C=N–C) groups is 1. The normalized spacial score (nSPS) is 12.3. The van der Waals surface area contributed by atoms with E-state index in [1.807, 2.05) is 0 Å². The lowest BCUT2D eigenvalue weighted by molar-refractivity contribution is -0.385. The van der Waals surface area contributed by atoms with Crippen molar-refractivity contribution in [1.82, 2.24) is 0 Å². The maximum Gasteiger partial charge on any atom is 0.330 e. The molecule has 0 bridgehead atoms. The molecule has 1 aromatic carbocycles. The van der Waals surface area contributed by atoms with Crippen LogP contribution < -0.4 is 5.11 Å². The van der Waals surface area contributed by atoms with E-state index in [-0.39, 0.29) is 11.3 Å². The van der Waals surface area contributed by atoms with Crippen LogP contribution in [-0.2, 0) is 9.53 Å². The highest BCUT2D eigenvalue weighted by molar-refractivity contribution is 5.86. The van der Waals surface area contributed by atoms with Crippen LogP contribution in [0.1, 0.15) is 12.5 Å². The molecule has 1 atom stereocenters. The molecule has 0 aliphatic rings. The smallest absolute Gasteiger partial charge is 0.330 e. The summed E-state index contributed by atoms with van der Waals surface area (Å²) in [4.78, 5) is 24.8. The van der Waals surface area contributed by atoms with Crippen LogP contribution in [-0.4, -0.2) is 30.3 Å². The Hall–Kier alpha value is -2.44. The van der Waals surface area contributed by atoms with Crippen LogP contribution in [0.15, 0.2) is 23.2 Å². The Morgan fingerprint density at radius 2 is 2.22 bits per heavy atom. The minimum Gasteiger partial charge on any atom is -0.872 e. The van der Waals surface area contributed by atoms with Crippen LogP contribution in [0.5, 0.6) is 5.75 Å². The molecular weight excluding hydrogens is 240 g/mol. The minimum absolute atomic E-state index is 0.0555. The summed E-state index contributed by atoms with van der Waals surface area (Å²) in [5, 5.41) is 22.0. The monoisotopic (exact) mass is 251 g/mol. The number of non-ortho nitro benzene ring substituents is 1. The number of hydrogen-bond donors (Lipinski definition) is 0.